The molecule has 0 aliphatic carbocycles. The fourth-order valence-corrected chi connectivity index (χ4v) is 3.46. The summed E-state index contributed by atoms with van der Waals surface area (Å²) >= 11 is 0. The van der Waals surface area contributed by atoms with Crippen LogP contribution in [0.25, 0.3) is 0 Å². The molecule has 0 radical (unpaired) electrons. The Balaban J connectivity index is 0. The average Bonchev–Trinajstić information content (AvgIpc) is 2.72. The molecule has 0 aliphatic rings. The van der Waals surface area contributed by atoms with Gasteiger partial charge in [-0.15, -0.1) is 0 Å². The molecule has 0 aromatic heterocycles. The minimum Gasteiger partial charge on any atom is -0.481 e. The summed E-state index contributed by atoms with van der Waals surface area (Å²) in [6.07, 6.45) is 20.9. The summed E-state index contributed by atoms with van der Waals surface area (Å²) < 4.78 is 0. The third-order valence-corrected chi connectivity index (χ3v) is 5.31. The smallest absolute Gasteiger partial charge is 0.307 e. The van der Waals surface area contributed by atoms with E-state index in [-0.39, 0.29) is 13.0 Å². The van der Waals surface area contributed by atoms with Gasteiger partial charge in [-0.2, -0.15) is 0 Å². The summed E-state index contributed by atoms with van der Waals surface area (Å²) in [5.41, 5.74) is 4.78. The van der Waals surface area contributed by atoms with E-state index < -0.39 is 17.9 Å². The maximum atomic E-state index is 11.0. The maximum absolute atomic E-state index is 11.0. The molecule has 1 atom stereocenters. The quantitative estimate of drug-likeness (QED) is 0.172. The molecule has 0 saturated heterocycles. The van der Waals surface area contributed by atoms with E-state index in [2.05, 4.69) is 6.92 Å². The topological polar surface area (TPSA) is 121 Å². The highest BCUT2D eigenvalue weighted by molar-refractivity contribution is 5.77. The number of aliphatic carboxylic acids is 2. The highest BCUT2D eigenvalue weighted by Gasteiger charge is 2.20. The third kappa shape index (κ3) is 26.9. The molecule has 0 spiro atoms. The molecule has 0 amide bonds. The van der Waals surface area contributed by atoms with Gasteiger partial charge in [0.05, 0.1) is 18.9 Å². The van der Waals surface area contributed by atoms with Crippen molar-refractivity contribution in [3.63, 3.8) is 0 Å². The largest absolute Gasteiger partial charge is 0.481 e. The Bertz CT molecular complexity index is 375. The van der Waals surface area contributed by atoms with Gasteiger partial charge in [-0.25, -0.2) is 0 Å². The Morgan fingerprint density at radius 3 is 1.30 bits per heavy atom. The first-order valence-electron chi connectivity index (χ1n) is 12.2. The summed E-state index contributed by atoms with van der Waals surface area (Å²) in [4.78, 5) is 21.6. The van der Waals surface area contributed by atoms with E-state index in [1.165, 1.54) is 83.5 Å². The lowest BCUT2D eigenvalue weighted by molar-refractivity contribution is -0.148. The SMILES string of the molecule is CCCCCCCCCCCCCCCCCCC(CC(=O)O)C(=O)O.NCCO. The number of unbranched alkanes of at least 4 members (excludes halogenated alkanes) is 15. The van der Waals surface area contributed by atoms with Crippen LogP contribution in [-0.2, 0) is 9.59 Å². The summed E-state index contributed by atoms with van der Waals surface area (Å²) in [7, 11) is 0. The number of rotatable bonds is 21. The Hall–Kier alpha value is -1.14. The van der Waals surface area contributed by atoms with Gasteiger partial charge in [-0.05, 0) is 6.42 Å². The molecule has 30 heavy (non-hydrogen) atoms. The molecular weight excluding hydrogens is 382 g/mol. The normalized spacial score (nSPS) is 11.6. The number of hydrogen-bond acceptors (Lipinski definition) is 4. The number of nitrogens with two attached hydrogens (primary N) is 1. The fourth-order valence-electron chi connectivity index (χ4n) is 3.46. The van der Waals surface area contributed by atoms with Crippen molar-refractivity contribution in [2.75, 3.05) is 13.2 Å². The summed E-state index contributed by atoms with van der Waals surface area (Å²) in [5.74, 6) is -2.72. The predicted octanol–water partition coefficient (Wildman–Crippen LogP) is 5.75. The molecule has 0 bridgehead atoms. The Morgan fingerprint density at radius 1 is 0.700 bits per heavy atom. The van der Waals surface area contributed by atoms with Crippen LogP contribution in [0.4, 0.5) is 0 Å². The van der Waals surface area contributed by atoms with Gasteiger partial charge in [0.25, 0.3) is 0 Å². The van der Waals surface area contributed by atoms with Crippen molar-refractivity contribution in [2.24, 2.45) is 11.7 Å². The molecule has 0 saturated carbocycles. The van der Waals surface area contributed by atoms with Crippen LogP contribution in [0.3, 0.4) is 0 Å². The highest BCUT2D eigenvalue weighted by Crippen LogP contribution is 2.17. The second-order valence-corrected chi connectivity index (χ2v) is 8.24. The summed E-state index contributed by atoms with van der Waals surface area (Å²) in [6, 6.07) is 0. The van der Waals surface area contributed by atoms with Crippen molar-refractivity contribution in [3.05, 3.63) is 0 Å². The van der Waals surface area contributed by atoms with E-state index in [4.69, 9.17) is 21.1 Å². The van der Waals surface area contributed by atoms with Gasteiger partial charge in [-0.3, -0.25) is 9.59 Å². The second kappa shape index (κ2) is 25.9. The van der Waals surface area contributed by atoms with Gasteiger partial charge in [0, 0.05) is 6.54 Å². The molecule has 0 heterocycles. The zero-order valence-corrected chi connectivity index (χ0v) is 19.5. The van der Waals surface area contributed by atoms with E-state index in [0.29, 0.717) is 13.0 Å². The van der Waals surface area contributed by atoms with Gasteiger partial charge in [0.1, 0.15) is 0 Å². The van der Waals surface area contributed by atoms with Crippen LogP contribution in [0.1, 0.15) is 122 Å². The van der Waals surface area contributed by atoms with Crippen LogP contribution in [0.5, 0.6) is 0 Å². The van der Waals surface area contributed by atoms with Crippen molar-refractivity contribution in [3.8, 4) is 0 Å². The highest BCUT2D eigenvalue weighted by atomic mass is 16.4. The number of aliphatic hydroxyl groups excluding tert-OH is 1. The molecule has 0 aliphatic heterocycles. The first-order valence-corrected chi connectivity index (χ1v) is 12.2. The van der Waals surface area contributed by atoms with E-state index >= 15 is 0 Å². The average molecular weight is 432 g/mol. The standard InChI is InChI=1S/C22H42O4.C2H7NO/c1-2-3-4-5-6-7-8-9-10-11-12-13-14-15-16-17-18-20(22(25)26)19-21(23)24;3-1-2-4/h20H,2-19H2,1H3,(H,23,24)(H,25,26);4H,1-3H2. The molecule has 180 valence electrons. The van der Waals surface area contributed by atoms with Crippen LogP contribution >= 0.6 is 0 Å². The minimum atomic E-state index is -1.02. The van der Waals surface area contributed by atoms with Crippen molar-refractivity contribution >= 4 is 11.9 Å². The van der Waals surface area contributed by atoms with Crippen LogP contribution in [0.15, 0.2) is 0 Å². The van der Waals surface area contributed by atoms with Crippen LogP contribution < -0.4 is 5.73 Å². The predicted molar refractivity (Wildman–Crippen MR) is 124 cm³/mol. The second-order valence-electron chi connectivity index (χ2n) is 8.24. The molecule has 6 nitrogen and oxygen atoms in total. The molecule has 0 aromatic rings. The Morgan fingerprint density at radius 2 is 1.03 bits per heavy atom. The zero-order valence-electron chi connectivity index (χ0n) is 19.5. The van der Waals surface area contributed by atoms with Gasteiger partial charge >= 0.3 is 11.9 Å². The molecule has 0 aromatic carbocycles. The van der Waals surface area contributed by atoms with Gasteiger partial charge in [0.2, 0.25) is 0 Å². The summed E-state index contributed by atoms with van der Waals surface area (Å²) in [6.45, 7) is 2.73. The molecule has 5 N–H and O–H groups in total. The number of carbonyl (C=O) groups is 2. The fraction of sp³-hybridized carbons (Fsp3) is 0.917. The first-order chi connectivity index (χ1) is 14.5. The van der Waals surface area contributed by atoms with Gasteiger partial charge in [0.15, 0.2) is 0 Å². The molecular formula is C24H49NO5. The van der Waals surface area contributed by atoms with Crippen LogP contribution in [0.2, 0.25) is 0 Å². The molecule has 0 rings (SSSR count). The molecule has 1 unspecified atom stereocenters. The lowest BCUT2D eigenvalue weighted by Gasteiger charge is -2.09. The van der Waals surface area contributed by atoms with Crippen molar-refractivity contribution < 1.29 is 24.9 Å². The van der Waals surface area contributed by atoms with Crippen LogP contribution in [0, 0.1) is 5.92 Å². The van der Waals surface area contributed by atoms with E-state index in [1.807, 2.05) is 0 Å². The Kier molecular flexibility index (Phi) is 26.8. The van der Waals surface area contributed by atoms with E-state index in [0.717, 1.165) is 19.3 Å². The number of aliphatic hydroxyl groups is 1. The lowest BCUT2D eigenvalue weighted by atomic mass is 9.97. The Labute approximate surface area is 184 Å². The van der Waals surface area contributed by atoms with Crippen LogP contribution in [-0.4, -0.2) is 40.4 Å². The molecule has 6 heteroatoms. The summed E-state index contributed by atoms with van der Waals surface area (Å²) in [5, 5.41) is 25.4. The zero-order chi connectivity index (χ0) is 22.9. The van der Waals surface area contributed by atoms with Gasteiger partial charge < -0.3 is 21.1 Å². The maximum Gasteiger partial charge on any atom is 0.307 e. The van der Waals surface area contributed by atoms with Crippen molar-refractivity contribution in [1.29, 1.82) is 0 Å². The number of hydrogen-bond donors (Lipinski definition) is 4. The lowest BCUT2D eigenvalue weighted by Crippen LogP contribution is -2.17. The third-order valence-electron chi connectivity index (χ3n) is 5.31. The van der Waals surface area contributed by atoms with Crippen molar-refractivity contribution in [1.82, 2.24) is 0 Å². The van der Waals surface area contributed by atoms with E-state index in [1.54, 1.807) is 0 Å². The first kappa shape index (κ1) is 31.0. The molecule has 0 fully saturated rings. The number of carboxylic acids is 2. The monoisotopic (exact) mass is 431 g/mol. The van der Waals surface area contributed by atoms with Crippen molar-refractivity contribution in [2.45, 2.75) is 122 Å². The number of carboxylic acid groups (broad SMARTS) is 2. The van der Waals surface area contributed by atoms with E-state index in [9.17, 15) is 9.59 Å². The minimum absolute atomic E-state index is 0.0972. The van der Waals surface area contributed by atoms with Gasteiger partial charge in [-0.1, -0.05) is 110 Å².